The van der Waals surface area contributed by atoms with Crippen molar-refractivity contribution >= 4 is 61.2 Å². The fourth-order valence-corrected chi connectivity index (χ4v) is 4.79. The molecule has 3 aromatic carbocycles. The van der Waals surface area contributed by atoms with Crippen LogP contribution >= 0.6 is 15.9 Å². The summed E-state index contributed by atoms with van der Waals surface area (Å²) in [6.45, 7) is 0. The average Bonchev–Trinajstić information content (AvgIpc) is 2.88. The van der Waals surface area contributed by atoms with Gasteiger partial charge in [-0.15, -0.1) is 0 Å². The Balaban J connectivity index is 1.42. The molecule has 0 saturated heterocycles. The van der Waals surface area contributed by atoms with Gasteiger partial charge in [0.1, 0.15) is 11.2 Å². The maximum absolute atomic E-state index is 11.5. The molecule has 1 N–H and O–H groups in total. The molecule has 7 heteroatoms. The van der Waals surface area contributed by atoms with Crippen molar-refractivity contribution in [3.8, 4) is 0 Å². The van der Waals surface area contributed by atoms with Crippen LogP contribution in [0, 0.1) is 0 Å². The zero-order valence-corrected chi connectivity index (χ0v) is 20.5. The van der Waals surface area contributed by atoms with Crippen molar-refractivity contribution in [3.63, 3.8) is 0 Å². The van der Waals surface area contributed by atoms with E-state index in [1.807, 2.05) is 30.5 Å². The number of nitrogens with one attached hydrogen (secondary N) is 1. The molecule has 6 nitrogen and oxygen atoms in total. The number of aliphatic imine (C=N–C) groups is 1. The molecule has 0 spiro atoms. The highest BCUT2D eigenvalue weighted by Crippen LogP contribution is 2.34. The van der Waals surface area contributed by atoms with Gasteiger partial charge in [-0.2, -0.15) is 0 Å². The predicted octanol–water partition coefficient (Wildman–Crippen LogP) is 6.83. The van der Waals surface area contributed by atoms with E-state index < -0.39 is 0 Å². The number of benzene rings is 3. The predicted molar refractivity (Wildman–Crippen MR) is 146 cm³/mol. The fraction of sp³-hybridized carbons (Fsp3) is 0.0690. The van der Waals surface area contributed by atoms with Crippen LogP contribution in [0.25, 0.3) is 27.6 Å². The quantitative estimate of drug-likeness (QED) is 0.200. The lowest BCUT2D eigenvalue weighted by atomic mass is 9.89. The minimum Gasteiger partial charge on any atom is -0.423 e. The first-order valence-corrected chi connectivity index (χ1v) is 12.2. The summed E-state index contributed by atoms with van der Waals surface area (Å²) in [5.41, 5.74) is 6.39. The second kappa shape index (κ2) is 9.09. The van der Waals surface area contributed by atoms with Crippen LogP contribution in [0.2, 0.25) is 0 Å². The molecule has 36 heavy (non-hydrogen) atoms. The van der Waals surface area contributed by atoms with Gasteiger partial charge in [-0.1, -0.05) is 22.0 Å². The number of allylic oxidation sites excluding steroid dienone is 1. The number of aryl methyl sites for hydroxylation is 1. The first-order valence-electron chi connectivity index (χ1n) is 11.4. The molecule has 0 saturated carbocycles. The largest absolute Gasteiger partial charge is 0.423 e. The molecule has 0 fully saturated rings. The Morgan fingerprint density at radius 2 is 1.50 bits per heavy atom. The number of hydrogen-bond donors (Lipinski definition) is 1. The zero-order chi connectivity index (χ0) is 24.6. The third kappa shape index (κ3) is 4.41. The van der Waals surface area contributed by atoms with Crippen LogP contribution in [0.1, 0.15) is 17.5 Å². The van der Waals surface area contributed by atoms with Crippen LogP contribution in [-0.2, 0) is 6.42 Å². The average molecular weight is 539 g/mol. The molecule has 2 heterocycles. The second-order valence-electron chi connectivity index (χ2n) is 8.57. The van der Waals surface area contributed by atoms with Crippen molar-refractivity contribution in [2.24, 2.45) is 4.99 Å². The van der Waals surface area contributed by atoms with E-state index in [-0.39, 0.29) is 11.3 Å². The Morgan fingerprint density at radius 1 is 0.778 bits per heavy atom. The van der Waals surface area contributed by atoms with E-state index in [9.17, 15) is 9.59 Å². The van der Waals surface area contributed by atoms with E-state index in [0.29, 0.717) is 11.2 Å². The fourth-order valence-electron chi connectivity index (χ4n) is 4.43. The summed E-state index contributed by atoms with van der Waals surface area (Å²) in [6.07, 6.45) is 3.62. The summed E-state index contributed by atoms with van der Waals surface area (Å²) in [5.74, 6) is 0. The van der Waals surface area contributed by atoms with Gasteiger partial charge < -0.3 is 14.2 Å². The van der Waals surface area contributed by atoms with Gasteiger partial charge in [-0.3, -0.25) is 4.99 Å². The minimum atomic E-state index is -0.373. The molecule has 0 radical (unpaired) electrons. The van der Waals surface area contributed by atoms with Crippen LogP contribution in [0.5, 0.6) is 0 Å². The summed E-state index contributed by atoms with van der Waals surface area (Å²) in [5, 5.41) is 5.24. The Morgan fingerprint density at radius 3 is 2.28 bits per heavy atom. The summed E-state index contributed by atoms with van der Waals surface area (Å²) in [7, 11) is 0. The van der Waals surface area contributed by atoms with Gasteiger partial charge in [0.2, 0.25) is 0 Å². The van der Waals surface area contributed by atoms with Crippen molar-refractivity contribution in [2.75, 3.05) is 5.32 Å². The number of nitrogens with zero attached hydrogens (tertiary/aromatic N) is 1. The molecule has 1 aliphatic carbocycles. The highest BCUT2D eigenvalue weighted by Gasteiger charge is 2.19. The zero-order valence-electron chi connectivity index (χ0n) is 19.0. The van der Waals surface area contributed by atoms with Gasteiger partial charge in [-0.05, 0) is 84.6 Å². The normalized spacial score (nSPS) is 13.5. The van der Waals surface area contributed by atoms with Crippen LogP contribution < -0.4 is 16.6 Å². The number of anilines is 1. The van der Waals surface area contributed by atoms with E-state index in [2.05, 4.69) is 39.4 Å². The first kappa shape index (κ1) is 22.2. The molecule has 1 aliphatic rings. The van der Waals surface area contributed by atoms with Crippen molar-refractivity contribution in [1.82, 2.24) is 0 Å². The third-order valence-electron chi connectivity index (χ3n) is 6.19. The van der Waals surface area contributed by atoms with Gasteiger partial charge in [0.15, 0.2) is 0 Å². The van der Waals surface area contributed by atoms with Crippen molar-refractivity contribution < 1.29 is 8.83 Å². The Bertz CT molecular complexity index is 1830. The Kier molecular flexibility index (Phi) is 5.62. The standard InChI is InChI=1S/C29H19BrN2O4/c30-21-6-3-17-1-2-20(16-31-22-7-9-25-18(13-22)4-11-27(33)35-25)29(24(17)15-21)32-23-8-10-26-19(14-23)5-12-28(34)36-26/h3-16,32H,1-2H2. The molecule has 0 amide bonds. The van der Waals surface area contributed by atoms with E-state index >= 15 is 0 Å². The minimum absolute atomic E-state index is 0.369. The number of fused-ring (bicyclic) bond motifs is 3. The lowest BCUT2D eigenvalue weighted by molar-refractivity contribution is 0.561. The lowest BCUT2D eigenvalue weighted by Gasteiger charge is -2.23. The van der Waals surface area contributed by atoms with Crippen LogP contribution in [0.3, 0.4) is 0 Å². The van der Waals surface area contributed by atoms with E-state index in [1.54, 1.807) is 24.3 Å². The molecule has 0 aliphatic heterocycles. The highest BCUT2D eigenvalue weighted by atomic mass is 79.9. The monoisotopic (exact) mass is 538 g/mol. The topological polar surface area (TPSA) is 84.8 Å². The Hall–Kier alpha value is -4.23. The third-order valence-corrected chi connectivity index (χ3v) is 6.68. The maximum atomic E-state index is 11.5. The molecule has 6 rings (SSSR count). The maximum Gasteiger partial charge on any atom is 0.336 e. The van der Waals surface area contributed by atoms with Crippen molar-refractivity contribution in [3.05, 3.63) is 121 Å². The van der Waals surface area contributed by atoms with E-state index in [0.717, 1.165) is 56.3 Å². The summed E-state index contributed by atoms with van der Waals surface area (Å²) >= 11 is 3.61. The van der Waals surface area contributed by atoms with Gasteiger partial charge >= 0.3 is 11.3 Å². The number of rotatable bonds is 4. The molecular weight excluding hydrogens is 520 g/mol. The highest BCUT2D eigenvalue weighted by molar-refractivity contribution is 9.10. The molecule has 0 atom stereocenters. The van der Waals surface area contributed by atoms with Crippen molar-refractivity contribution in [1.29, 1.82) is 0 Å². The second-order valence-corrected chi connectivity index (χ2v) is 9.48. The Labute approximate surface area is 213 Å². The lowest BCUT2D eigenvalue weighted by Crippen LogP contribution is -2.12. The SMILES string of the molecule is O=c1ccc2cc(N=CC3=C(Nc4ccc5oc(=O)ccc5c4)c4cc(Br)ccc4CC3)ccc2o1. The van der Waals surface area contributed by atoms with E-state index in [1.165, 1.54) is 17.7 Å². The van der Waals surface area contributed by atoms with Crippen LogP contribution in [0.15, 0.2) is 112 Å². The summed E-state index contributed by atoms with van der Waals surface area (Å²) < 4.78 is 11.5. The first-order chi connectivity index (χ1) is 17.5. The molecule has 176 valence electrons. The molecule has 0 bridgehead atoms. The van der Waals surface area contributed by atoms with E-state index in [4.69, 9.17) is 13.8 Å². The molecule has 5 aromatic rings. The molecule has 2 aromatic heterocycles. The smallest absolute Gasteiger partial charge is 0.336 e. The summed E-state index contributed by atoms with van der Waals surface area (Å²) in [6, 6.07) is 23.8. The number of hydrogen-bond acceptors (Lipinski definition) is 6. The van der Waals surface area contributed by atoms with Gasteiger partial charge in [0, 0.05) is 44.8 Å². The van der Waals surface area contributed by atoms with Crippen LogP contribution in [0.4, 0.5) is 11.4 Å². The van der Waals surface area contributed by atoms with Gasteiger partial charge in [0.05, 0.1) is 11.4 Å². The molecular formula is C29H19BrN2O4. The van der Waals surface area contributed by atoms with Crippen LogP contribution in [-0.4, -0.2) is 6.21 Å². The number of halogens is 1. The van der Waals surface area contributed by atoms with Gasteiger partial charge in [0.25, 0.3) is 0 Å². The van der Waals surface area contributed by atoms with Crippen molar-refractivity contribution in [2.45, 2.75) is 12.8 Å². The summed E-state index contributed by atoms with van der Waals surface area (Å²) in [4.78, 5) is 27.8. The molecule has 0 unspecified atom stereocenters. The van der Waals surface area contributed by atoms with Gasteiger partial charge in [-0.25, -0.2) is 9.59 Å².